The van der Waals surface area contributed by atoms with Crippen LogP contribution in [0.2, 0.25) is 0 Å². The van der Waals surface area contributed by atoms with E-state index < -0.39 is 10.0 Å². The van der Waals surface area contributed by atoms with Crippen LogP contribution in [0.5, 0.6) is 0 Å². The molecule has 0 radical (unpaired) electrons. The highest BCUT2D eigenvalue weighted by atomic mass is 79.9. The van der Waals surface area contributed by atoms with E-state index in [2.05, 4.69) is 30.8 Å². The number of sulfonamides is 1. The molecule has 0 amide bonds. The van der Waals surface area contributed by atoms with Crippen molar-refractivity contribution < 1.29 is 8.42 Å². The van der Waals surface area contributed by atoms with E-state index in [1.54, 1.807) is 17.0 Å². The Bertz CT molecular complexity index is 713. The molecule has 2 aromatic rings. The lowest BCUT2D eigenvalue weighted by Gasteiger charge is -2.09. The van der Waals surface area contributed by atoms with Crippen LogP contribution < -0.4 is 10.5 Å². The zero-order chi connectivity index (χ0) is 14.8. The zero-order valence-corrected chi connectivity index (χ0v) is 13.1. The van der Waals surface area contributed by atoms with Crippen molar-refractivity contribution in [2.45, 2.75) is 24.9 Å². The van der Waals surface area contributed by atoms with Gasteiger partial charge in [-0.3, -0.25) is 0 Å². The zero-order valence-electron chi connectivity index (χ0n) is 10.7. The van der Waals surface area contributed by atoms with Gasteiger partial charge in [-0.25, -0.2) is 13.1 Å². The number of nitrogens with one attached hydrogen (secondary N) is 1. The second-order valence-corrected chi connectivity index (χ2v) is 6.64. The van der Waals surface area contributed by atoms with E-state index >= 15 is 0 Å². The molecule has 20 heavy (non-hydrogen) atoms. The number of nitrogen functional groups attached to an aromatic ring is 1. The fraction of sp³-hybridized carbons (Fsp3) is 0.273. The Hall–Kier alpha value is -1.45. The molecule has 7 nitrogen and oxygen atoms in total. The first kappa shape index (κ1) is 14.9. The largest absolute Gasteiger partial charge is 0.399 e. The quantitative estimate of drug-likeness (QED) is 0.778. The normalized spacial score (nSPS) is 11.7. The molecule has 1 aromatic heterocycles. The molecular formula is C11H14BrN5O2S. The summed E-state index contributed by atoms with van der Waals surface area (Å²) in [4.78, 5) is 0.134. The number of nitrogens with two attached hydrogens (primary N) is 1. The third kappa shape index (κ3) is 3.17. The van der Waals surface area contributed by atoms with Gasteiger partial charge in [0, 0.05) is 16.7 Å². The van der Waals surface area contributed by atoms with Crippen molar-refractivity contribution in [3.63, 3.8) is 0 Å². The molecule has 0 atom stereocenters. The van der Waals surface area contributed by atoms with E-state index in [4.69, 9.17) is 5.73 Å². The van der Waals surface area contributed by atoms with E-state index in [1.807, 2.05) is 6.92 Å². The average Bonchev–Trinajstić information content (AvgIpc) is 2.83. The summed E-state index contributed by atoms with van der Waals surface area (Å²) in [6.07, 6.45) is 1.56. The highest BCUT2D eigenvalue weighted by Crippen LogP contribution is 2.24. The molecule has 0 fully saturated rings. The predicted molar refractivity (Wildman–Crippen MR) is 78.3 cm³/mol. The van der Waals surface area contributed by atoms with Crippen molar-refractivity contribution in [2.24, 2.45) is 0 Å². The number of halogens is 1. The van der Waals surface area contributed by atoms with Gasteiger partial charge in [0.2, 0.25) is 10.0 Å². The molecule has 0 aliphatic rings. The molecule has 0 saturated carbocycles. The van der Waals surface area contributed by atoms with Gasteiger partial charge in [-0.2, -0.15) is 0 Å². The van der Waals surface area contributed by atoms with Crippen LogP contribution >= 0.6 is 15.9 Å². The summed E-state index contributed by atoms with van der Waals surface area (Å²) in [5.74, 6) is 0.558. The standard InChI is InChI=1S/C11H14BrN5O2S/c1-2-17-7-14-16-11(17)6-15-20(18,19)10-4-3-8(13)5-9(10)12/h3-5,7,15H,2,6,13H2,1H3. The first-order valence-electron chi connectivity index (χ1n) is 5.85. The van der Waals surface area contributed by atoms with Crippen LogP contribution in [0.4, 0.5) is 5.69 Å². The lowest BCUT2D eigenvalue weighted by atomic mass is 10.3. The summed E-state index contributed by atoms with van der Waals surface area (Å²) >= 11 is 3.20. The van der Waals surface area contributed by atoms with Gasteiger partial charge >= 0.3 is 0 Å². The number of anilines is 1. The number of hydrogen-bond donors (Lipinski definition) is 2. The van der Waals surface area contributed by atoms with Crippen LogP contribution in [0.15, 0.2) is 33.9 Å². The molecule has 3 N–H and O–H groups in total. The summed E-state index contributed by atoms with van der Waals surface area (Å²) in [6.45, 7) is 2.68. The molecule has 0 unspecified atom stereocenters. The lowest BCUT2D eigenvalue weighted by Crippen LogP contribution is -2.25. The second kappa shape index (κ2) is 5.90. The number of hydrogen-bond acceptors (Lipinski definition) is 5. The van der Waals surface area contributed by atoms with Gasteiger partial charge in [-0.15, -0.1) is 10.2 Å². The second-order valence-electron chi connectivity index (χ2n) is 4.05. The monoisotopic (exact) mass is 359 g/mol. The smallest absolute Gasteiger partial charge is 0.242 e. The van der Waals surface area contributed by atoms with Crippen molar-refractivity contribution >= 4 is 31.6 Å². The number of benzene rings is 1. The third-order valence-electron chi connectivity index (χ3n) is 2.70. The highest BCUT2D eigenvalue weighted by Gasteiger charge is 2.18. The van der Waals surface area contributed by atoms with E-state index in [9.17, 15) is 8.42 Å². The van der Waals surface area contributed by atoms with Gasteiger partial charge in [0.1, 0.15) is 12.2 Å². The minimum Gasteiger partial charge on any atom is -0.399 e. The topological polar surface area (TPSA) is 103 Å². The maximum atomic E-state index is 12.2. The maximum absolute atomic E-state index is 12.2. The summed E-state index contributed by atoms with van der Waals surface area (Å²) < 4.78 is 29.1. The number of aromatic nitrogens is 3. The predicted octanol–water partition coefficient (Wildman–Crippen LogP) is 1.12. The van der Waals surface area contributed by atoms with E-state index in [1.165, 1.54) is 12.1 Å². The van der Waals surface area contributed by atoms with Crippen LogP contribution in [0.3, 0.4) is 0 Å². The van der Waals surface area contributed by atoms with Crippen LogP contribution in [-0.2, 0) is 23.1 Å². The van der Waals surface area contributed by atoms with Crippen LogP contribution in [0, 0.1) is 0 Å². The molecule has 0 bridgehead atoms. The first-order chi connectivity index (χ1) is 9.44. The summed E-state index contributed by atoms with van der Waals surface area (Å²) in [6, 6.07) is 4.53. The Kier molecular flexibility index (Phi) is 4.41. The van der Waals surface area contributed by atoms with Gasteiger partial charge in [-0.05, 0) is 41.1 Å². The number of aryl methyl sites for hydroxylation is 1. The van der Waals surface area contributed by atoms with Crippen LogP contribution in [-0.4, -0.2) is 23.2 Å². The minimum atomic E-state index is -3.64. The highest BCUT2D eigenvalue weighted by molar-refractivity contribution is 9.10. The summed E-state index contributed by atoms with van der Waals surface area (Å²) in [7, 11) is -3.64. The molecular weight excluding hydrogens is 346 g/mol. The fourth-order valence-corrected chi connectivity index (χ4v) is 3.73. The van der Waals surface area contributed by atoms with Gasteiger partial charge in [0.25, 0.3) is 0 Å². The average molecular weight is 360 g/mol. The van der Waals surface area contributed by atoms with Crippen LogP contribution in [0.25, 0.3) is 0 Å². The first-order valence-corrected chi connectivity index (χ1v) is 8.13. The molecule has 0 aliphatic carbocycles. The number of nitrogens with zero attached hydrogens (tertiary/aromatic N) is 3. The van der Waals surface area contributed by atoms with Crippen molar-refractivity contribution in [1.82, 2.24) is 19.5 Å². The molecule has 0 aliphatic heterocycles. The lowest BCUT2D eigenvalue weighted by molar-refractivity contribution is 0.574. The Balaban J connectivity index is 2.19. The molecule has 1 aromatic carbocycles. The van der Waals surface area contributed by atoms with E-state index in [-0.39, 0.29) is 11.4 Å². The molecule has 0 saturated heterocycles. The summed E-state index contributed by atoms with van der Waals surface area (Å²) in [5, 5.41) is 7.62. The van der Waals surface area contributed by atoms with Crippen LogP contribution in [0.1, 0.15) is 12.7 Å². The van der Waals surface area contributed by atoms with Gasteiger partial charge < -0.3 is 10.3 Å². The maximum Gasteiger partial charge on any atom is 0.242 e. The number of rotatable bonds is 5. The van der Waals surface area contributed by atoms with E-state index in [0.29, 0.717) is 22.5 Å². The van der Waals surface area contributed by atoms with Gasteiger partial charge in [-0.1, -0.05) is 0 Å². The van der Waals surface area contributed by atoms with Crippen molar-refractivity contribution in [3.8, 4) is 0 Å². The van der Waals surface area contributed by atoms with Gasteiger partial charge in [0.15, 0.2) is 0 Å². The Morgan fingerprint density at radius 1 is 1.45 bits per heavy atom. The van der Waals surface area contributed by atoms with Crippen molar-refractivity contribution in [1.29, 1.82) is 0 Å². The van der Waals surface area contributed by atoms with E-state index in [0.717, 1.165) is 0 Å². The molecule has 108 valence electrons. The Labute approximate surface area is 125 Å². The fourth-order valence-electron chi connectivity index (χ4n) is 1.65. The van der Waals surface area contributed by atoms with Crippen molar-refractivity contribution in [2.75, 3.05) is 5.73 Å². The SMILES string of the molecule is CCn1cnnc1CNS(=O)(=O)c1ccc(N)cc1Br. The molecule has 9 heteroatoms. The third-order valence-corrected chi connectivity index (χ3v) is 5.08. The van der Waals surface area contributed by atoms with Crippen molar-refractivity contribution in [3.05, 3.63) is 34.8 Å². The Morgan fingerprint density at radius 3 is 2.85 bits per heavy atom. The molecule has 2 rings (SSSR count). The molecule has 1 heterocycles. The minimum absolute atomic E-state index is 0.0764. The summed E-state index contributed by atoms with van der Waals surface area (Å²) in [5.41, 5.74) is 6.08. The van der Waals surface area contributed by atoms with Gasteiger partial charge in [0.05, 0.1) is 11.4 Å². The molecule has 0 spiro atoms. The Morgan fingerprint density at radius 2 is 2.20 bits per heavy atom.